The van der Waals surface area contributed by atoms with Gasteiger partial charge in [-0.15, -0.1) is 0 Å². The summed E-state index contributed by atoms with van der Waals surface area (Å²) in [6.07, 6.45) is 4.17. The van der Waals surface area contributed by atoms with E-state index in [-0.39, 0.29) is 17.8 Å². The molecule has 1 aromatic carbocycles. The van der Waals surface area contributed by atoms with Crippen molar-refractivity contribution in [2.45, 2.75) is 38.7 Å². The molecular weight excluding hydrogens is 333 g/mol. The summed E-state index contributed by atoms with van der Waals surface area (Å²) in [5.41, 5.74) is 1.74. The van der Waals surface area contributed by atoms with Crippen LogP contribution >= 0.6 is 0 Å². The van der Waals surface area contributed by atoms with Gasteiger partial charge < -0.3 is 14.4 Å². The van der Waals surface area contributed by atoms with E-state index in [0.29, 0.717) is 24.8 Å². The van der Waals surface area contributed by atoms with Gasteiger partial charge in [0.15, 0.2) is 0 Å². The lowest BCUT2D eigenvalue weighted by Gasteiger charge is -2.20. The monoisotopic (exact) mass is 361 g/mol. The molecule has 0 radical (unpaired) electrons. The number of carbonyl (C=O) groups excluding carboxylic acids is 1. The first-order chi connectivity index (χ1) is 12.6. The zero-order valence-corrected chi connectivity index (χ0v) is 15.5. The Bertz CT molecular complexity index is 661. The predicted molar refractivity (Wildman–Crippen MR) is 96.3 cm³/mol. The number of benzene rings is 1. The third kappa shape index (κ3) is 4.09. The van der Waals surface area contributed by atoms with E-state index >= 15 is 0 Å². The Kier molecular flexibility index (Phi) is 5.28. The Morgan fingerprint density at radius 3 is 2.96 bits per heavy atom. The van der Waals surface area contributed by atoms with Gasteiger partial charge in [-0.2, -0.15) is 0 Å². The number of carbonyl (C=O) groups is 1. The van der Waals surface area contributed by atoms with Gasteiger partial charge in [0.05, 0.1) is 19.1 Å². The highest BCUT2D eigenvalue weighted by Crippen LogP contribution is 2.36. The summed E-state index contributed by atoms with van der Waals surface area (Å²) < 4.78 is 25.0. The molecule has 1 saturated carbocycles. The molecule has 142 valence electrons. The van der Waals surface area contributed by atoms with Gasteiger partial charge in [-0.1, -0.05) is 6.07 Å². The maximum absolute atomic E-state index is 13.2. The van der Waals surface area contributed by atoms with Gasteiger partial charge in [-0.05, 0) is 61.3 Å². The minimum absolute atomic E-state index is 0.112. The number of nitrogens with zero attached hydrogens (tertiary/aromatic N) is 1. The smallest absolute Gasteiger partial charge is 0.227 e. The van der Waals surface area contributed by atoms with Crippen LogP contribution in [-0.4, -0.2) is 49.8 Å². The first-order valence-electron chi connectivity index (χ1n) is 9.82. The molecule has 4 rings (SSSR count). The third-order valence-electron chi connectivity index (χ3n) is 6.12. The van der Waals surface area contributed by atoms with Crippen molar-refractivity contribution in [3.8, 4) is 0 Å². The Morgan fingerprint density at radius 2 is 2.19 bits per heavy atom. The summed E-state index contributed by atoms with van der Waals surface area (Å²) in [7, 11) is 0. The molecule has 3 aliphatic rings. The van der Waals surface area contributed by atoms with E-state index in [0.717, 1.165) is 49.8 Å². The van der Waals surface area contributed by atoms with Gasteiger partial charge >= 0.3 is 0 Å². The largest absolute Gasteiger partial charge is 0.381 e. The zero-order valence-electron chi connectivity index (χ0n) is 15.5. The van der Waals surface area contributed by atoms with E-state index in [1.807, 2.05) is 11.8 Å². The summed E-state index contributed by atoms with van der Waals surface area (Å²) in [6.45, 7) is 5.81. The number of halogens is 1. The fourth-order valence-corrected chi connectivity index (χ4v) is 4.20. The summed E-state index contributed by atoms with van der Waals surface area (Å²) in [6, 6.07) is 4.63. The molecule has 1 aromatic rings. The molecule has 2 heterocycles. The second-order valence-electron chi connectivity index (χ2n) is 8.15. The lowest BCUT2D eigenvalue weighted by Crippen LogP contribution is -2.32. The lowest BCUT2D eigenvalue weighted by atomic mass is 9.91. The predicted octanol–water partition coefficient (Wildman–Crippen LogP) is 2.97. The van der Waals surface area contributed by atoms with E-state index in [1.54, 1.807) is 6.07 Å². The van der Waals surface area contributed by atoms with Crippen LogP contribution in [0.5, 0.6) is 0 Å². The molecule has 3 fully saturated rings. The van der Waals surface area contributed by atoms with Crippen molar-refractivity contribution < 1.29 is 18.7 Å². The van der Waals surface area contributed by atoms with Crippen molar-refractivity contribution in [3.05, 3.63) is 35.1 Å². The summed E-state index contributed by atoms with van der Waals surface area (Å²) in [5, 5.41) is 0. The molecule has 0 unspecified atom stereocenters. The molecule has 4 nitrogen and oxygen atoms in total. The van der Waals surface area contributed by atoms with Crippen LogP contribution in [-0.2, 0) is 20.7 Å². The number of hydrogen-bond acceptors (Lipinski definition) is 3. The molecule has 1 aliphatic carbocycles. The average Bonchev–Trinajstić information content (AvgIpc) is 3.21. The molecule has 1 amide bonds. The fraction of sp³-hybridized carbons (Fsp3) is 0.667. The van der Waals surface area contributed by atoms with Crippen LogP contribution in [0, 0.1) is 30.5 Å². The van der Waals surface area contributed by atoms with Gasteiger partial charge in [0.2, 0.25) is 5.91 Å². The number of amides is 1. The van der Waals surface area contributed by atoms with Crippen molar-refractivity contribution in [1.29, 1.82) is 0 Å². The number of rotatable bonds is 7. The number of aryl methyl sites for hydroxylation is 1. The van der Waals surface area contributed by atoms with E-state index < -0.39 is 0 Å². The highest BCUT2D eigenvalue weighted by Gasteiger charge is 2.44. The van der Waals surface area contributed by atoms with Gasteiger partial charge in [0, 0.05) is 32.2 Å². The van der Waals surface area contributed by atoms with Crippen LogP contribution in [0.25, 0.3) is 0 Å². The Morgan fingerprint density at radius 1 is 1.35 bits per heavy atom. The minimum Gasteiger partial charge on any atom is -0.381 e. The van der Waals surface area contributed by atoms with Gasteiger partial charge in [-0.3, -0.25) is 4.79 Å². The molecule has 3 atom stereocenters. The topological polar surface area (TPSA) is 38.8 Å². The average molecular weight is 361 g/mol. The first kappa shape index (κ1) is 17.9. The molecule has 0 N–H and O–H groups in total. The maximum Gasteiger partial charge on any atom is 0.227 e. The summed E-state index contributed by atoms with van der Waals surface area (Å²) in [5.74, 6) is 1.58. The normalized spacial score (nSPS) is 27.8. The Balaban J connectivity index is 1.27. The molecular formula is C21H28FNO3. The second kappa shape index (κ2) is 7.65. The highest BCUT2D eigenvalue weighted by atomic mass is 19.1. The van der Waals surface area contributed by atoms with E-state index in [9.17, 15) is 9.18 Å². The van der Waals surface area contributed by atoms with Crippen molar-refractivity contribution in [2.24, 2.45) is 17.8 Å². The highest BCUT2D eigenvalue weighted by molar-refractivity contribution is 5.79. The van der Waals surface area contributed by atoms with Crippen molar-refractivity contribution >= 4 is 5.91 Å². The van der Waals surface area contributed by atoms with Crippen LogP contribution in [0.4, 0.5) is 4.39 Å². The Hall–Kier alpha value is -1.46. The minimum atomic E-state index is -0.255. The second-order valence-corrected chi connectivity index (χ2v) is 8.15. The van der Waals surface area contributed by atoms with Crippen LogP contribution in [0.2, 0.25) is 0 Å². The van der Waals surface area contributed by atoms with Crippen LogP contribution < -0.4 is 0 Å². The maximum atomic E-state index is 13.2. The molecule has 0 bridgehead atoms. The molecule has 0 spiro atoms. The number of likely N-dealkylation sites (tertiary alicyclic amines) is 1. The standard InChI is InChI=1S/C21H28FNO3/c1-14-8-18(22)5-4-16(14)9-21(24)23-10-19-17(13-26-20(19)11-23)6-7-25-12-15-2-3-15/h4-5,8,15,17,19-20H,2-3,6-7,9-13H2,1H3/t17-,19-,20-/m0/s1. The molecule has 5 heteroatoms. The van der Waals surface area contributed by atoms with Crippen LogP contribution in [0.3, 0.4) is 0 Å². The van der Waals surface area contributed by atoms with E-state index in [1.165, 1.54) is 25.0 Å². The first-order valence-corrected chi connectivity index (χ1v) is 9.82. The van der Waals surface area contributed by atoms with E-state index in [4.69, 9.17) is 9.47 Å². The van der Waals surface area contributed by atoms with Gasteiger partial charge in [0.25, 0.3) is 0 Å². The zero-order chi connectivity index (χ0) is 18.1. The Labute approximate surface area is 154 Å². The van der Waals surface area contributed by atoms with Crippen molar-refractivity contribution in [3.63, 3.8) is 0 Å². The van der Waals surface area contributed by atoms with Crippen LogP contribution in [0.15, 0.2) is 18.2 Å². The SMILES string of the molecule is Cc1cc(F)ccc1CC(=O)N1C[C@H]2[C@@H](CCOCC3CC3)CO[C@H]2C1. The van der Waals surface area contributed by atoms with Gasteiger partial charge in [0.1, 0.15) is 5.82 Å². The quantitative estimate of drug-likeness (QED) is 0.701. The molecule has 2 aliphatic heterocycles. The fourth-order valence-electron chi connectivity index (χ4n) is 4.20. The van der Waals surface area contributed by atoms with Crippen LogP contribution in [0.1, 0.15) is 30.4 Å². The number of hydrogen-bond donors (Lipinski definition) is 0. The number of ether oxygens (including phenoxy) is 2. The van der Waals surface area contributed by atoms with Crippen molar-refractivity contribution in [2.75, 3.05) is 32.9 Å². The molecule has 26 heavy (non-hydrogen) atoms. The van der Waals surface area contributed by atoms with Crippen molar-refractivity contribution in [1.82, 2.24) is 4.90 Å². The third-order valence-corrected chi connectivity index (χ3v) is 6.12. The summed E-state index contributed by atoms with van der Waals surface area (Å²) in [4.78, 5) is 14.6. The van der Waals surface area contributed by atoms with E-state index in [2.05, 4.69) is 0 Å². The molecule has 2 saturated heterocycles. The summed E-state index contributed by atoms with van der Waals surface area (Å²) >= 11 is 0. The lowest BCUT2D eigenvalue weighted by molar-refractivity contribution is -0.130. The van der Waals surface area contributed by atoms with Gasteiger partial charge in [-0.25, -0.2) is 4.39 Å². The molecule has 0 aromatic heterocycles. The number of fused-ring (bicyclic) bond motifs is 1.